The molecule has 0 saturated carbocycles. The third-order valence-corrected chi connectivity index (χ3v) is 4.31. The van der Waals surface area contributed by atoms with Crippen molar-refractivity contribution in [1.82, 2.24) is 10.8 Å². The molecule has 3 aromatic rings. The molecule has 3 rings (SSSR count). The minimum atomic E-state index is -0.638. The van der Waals surface area contributed by atoms with Gasteiger partial charge in [-0.2, -0.15) is 0 Å². The number of para-hydroxylation sites is 1. The zero-order chi connectivity index (χ0) is 20.6. The molecule has 152 valence electrons. The monoisotopic (exact) mass is 398 g/mol. The lowest BCUT2D eigenvalue weighted by molar-refractivity contribution is -0.135. The maximum atomic E-state index is 12.4. The van der Waals surface area contributed by atoms with E-state index >= 15 is 0 Å². The van der Waals surface area contributed by atoms with E-state index < -0.39 is 12.0 Å². The number of fused-ring (bicyclic) bond motifs is 1. The average molecular weight is 398 g/mol. The van der Waals surface area contributed by atoms with Crippen LogP contribution < -0.4 is 10.8 Å². The van der Waals surface area contributed by atoms with Crippen molar-refractivity contribution in [1.29, 1.82) is 0 Å². The van der Waals surface area contributed by atoms with E-state index in [4.69, 9.17) is 19.1 Å². The summed E-state index contributed by atoms with van der Waals surface area (Å²) in [6, 6.07) is 16.7. The van der Waals surface area contributed by atoms with E-state index in [0.29, 0.717) is 5.56 Å². The van der Waals surface area contributed by atoms with Crippen molar-refractivity contribution in [3.63, 3.8) is 0 Å². The van der Waals surface area contributed by atoms with Gasteiger partial charge < -0.3 is 19.2 Å². The number of carbonyl (C=O) groups excluding carboxylic acids is 2. The molecule has 29 heavy (non-hydrogen) atoms. The molecule has 0 aliphatic carbocycles. The Bertz CT molecular complexity index is 934. The van der Waals surface area contributed by atoms with Gasteiger partial charge in [0.15, 0.2) is 0 Å². The number of amides is 2. The summed E-state index contributed by atoms with van der Waals surface area (Å²) in [6.07, 6.45) is -0.758. The van der Waals surface area contributed by atoms with Gasteiger partial charge in [0.2, 0.25) is 5.91 Å². The zero-order valence-electron chi connectivity index (χ0n) is 15.9. The first-order valence-electron chi connectivity index (χ1n) is 9.01. The fraction of sp³-hybridized carbons (Fsp3) is 0.238. The topological polar surface area (TPSA) is 110 Å². The highest BCUT2D eigenvalue weighted by atomic mass is 16.7. The van der Waals surface area contributed by atoms with Crippen LogP contribution in [0.4, 0.5) is 0 Å². The van der Waals surface area contributed by atoms with Crippen molar-refractivity contribution < 1.29 is 28.7 Å². The van der Waals surface area contributed by atoms with Crippen LogP contribution in [0.15, 0.2) is 59.0 Å². The Balaban J connectivity index is 1.62. The van der Waals surface area contributed by atoms with Crippen LogP contribution in [0, 0.1) is 0 Å². The molecular formula is C21H22N2O6. The Morgan fingerprint density at radius 3 is 2.59 bits per heavy atom. The van der Waals surface area contributed by atoms with E-state index in [1.165, 1.54) is 7.11 Å². The van der Waals surface area contributed by atoms with E-state index in [-0.39, 0.29) is 25.7 Å². The standard InChI is InChI=1S/C21H22N2O6/c1-27-13-28-17(11-20(24)23-26)12-22-21(25)15-8-6-14(7-9-15)19-10-16-4-2-3-5-18(16)29-19/h2-10,17,26H,11-13H2,1H3,(H,22,25)(H,23,24). The highest BCUT2D eigenvalue weighted by Crippen LogP contribution is 2.27. The number of methoxy groups -OCH3 is 1. The minimum absolute atomic E-state index is 0.0363. The van der Waals surface area contributed by atoms with Crippen LogP contribution in [0.25, 0.3) is 22.3 Å². The third kappa shape index (κ3) is 5.41. The summed E-state index contributed by atoms with van der Waals surface area (Å²) in [5.74, 6) is -0.201. The molecule has 1 atom stereocenters. The molecule has 8 nitrogen and oxygen atoms in total. The SMILES string of the molecule is COCOC(CNC(=O)c1ccc(-c2cc3ccccc3o2)cc1)CC(=O)NO. The lowest BCUT2D eigenvalue weighted by Crippen LogP contribution is -2.37. The number of nitrogens with one attached hydrogen (secondary N) is 2. The lowest BCUT2D eigenvalue weighted by Gasteiger charge is -2.17. The van der Waals surface area contributed by atoms with Gasteiger partial charge in [-0.15, -0.1) is 0 Å². The summed E-state index contributed by atoms with van der Waals surface area (Å²) in [4.78, 5) is 23.7. The molecule has 0 fully saturated rings. The Kier molecular flexibility index (Phi) is 6.96. The van der Waals surface area contributed by atoms with Crippen molar-refractivity contribution in [3.05, 3.63) is 60.2 Å². The highest BCUT2D eigenvalue weighted by Gasteiger charge is 2.16. The van der Waals surface area contributed by atoms with E-state index in [2.05, 4.69) is 5.32 Å². The second kappa shape index (κ2) is 9.83. The Morgan fingerprint density at radius 1 is 1.14 bits per heavy atom. The number of ether oxygens (including phenoxy) is 2. The minimum Gasteiger partial charge on any atom is -0.456 e. The molecule has 3 N–H and O–H groups in total. The summed E-state index contributed by atoms with van der Waals surface area (Å²) in [5.41, 5.74) is 3.67. The fourth-order valence-electron chi connectivity index (χ4n) is 2.83. The highest BCUT2D eigenvalue weighted by molar-refractivity contribution is 5.94. The molecule has 2 aromatic carbocycles. The Hall–Kier alpha value is -3.20. The van der Waals surface area contributed by atoms with Crippen LogP contribution in [0.2, 0.25) is 0 Å². The molecule has 0 bridgehead atoms. The molecule has 0 saturated heterocycles. The normalized spacial score (nSPS) is 11.9. The van der Waals surface area contributed by atoms with Crippen LogP contribution in [0.5, 0.6) is 0 Å². The summed E-state index contributed by atoms with van der Waals surface area (Å²) >= 11 is 0. The average Bonchev–Trinajstić information content (AvgIpc) is 3.19. The van der Waals surface area contributed by atoms with Gasteiger partial charge in [-0.25, -0.2) is 5.48 Å². The van der Waals surface area contributed by atoms with E-state index in [1.54, 1.807) is 17.6 Å². The molecule has 8 heteroatoms. The predicted molar refractivity (Wildman–Crippen MR) is 105 cm³/mol. The second-order valence-electron chi connectivity index (χ2n) is 6.37. The molecule has 1 unspecified atom stereocenters. The molecule has 0 aliphatic heterocycles. The maximum absolute atomic E-state index is 12.4. The molecule has 0 aliphatic rings. The molecule has 2 amide bonds. The largest absolute Gasteiger partial charge is 0.456 e. The van der Waals surface area contributed by atoms with Gasteiger partial charge in [0.25, 0.3) is 5.91 Å². The van der Waals surface area contributed by atoms with Gasteiger partial charge in [-0.1, -0.05) is 30.3 Å². The van der Waals surface area contributed by atoms with Gasteiger partial charge in [0, 0.05) is 30.2 Å². The van der Waals surface area contributed by atoms with Gasteiger partial charge in [-0.3, -0.25) is 14.8 Å². The number of rotatable bonds is 9. The Labute approximate surface area is 167 Å². The van der Waals surface area contributed by atoms with E-state index in [9.17, 15) is 9.59 Å². The van der Waals surface area contributed by atoms with Crippen molar-refractivity contribution in [3.8, 4) is 11.3 Å². The first-order chi connectivity index (χ1) is 14.1. The first-order valence-corrected chi connectivity index (χ1v) is 9.01. The second-order valence-corrected chi connectivity index (χ2v) is 6.37. The smallest absolute Gasteiger partial charge is 0.251 e. The van der Waals surface area contributed by atoms with Crippen LogP contribution >= 0.6 is 0 Å². The number of hydroxylamine groups is 1. The van der Waals surface area contributed by atoms with Gasteiger partial charge in [0.05, 0.1) is 12.5 Å². The molecular weight excluding hydrogens is 376 g/mol. The van der Waals surface area contributed by atoms with Crippen LogP contribution in [-0.4, -0.2) is 43.6 Å². The van der Waals surface area contributed by atoms with Crippen molar-refractivity contribution in [2.75, 3.05) is 20.4 Å². The summed E-state index contributed by atoms with van der Waals surface area (Å²) in [6.45, 7) is 0.0480. The zero-order valence-corrected chi connectivity index (χ0v) is 15.9. The predicted octanol–water partition coefficient (Wildman–Crippen LogP) is 2.71. The van der Waals surface area contributed by atoms with Gasteiger partial charge in [-0.05, 0) is 24.3 Å². The van der Waals surface area contributed by atoms with Crippen molar-refractivity contribution >= 4 is 22.8 Å². The summed E-state index contributed by atoms with van der Waals surface area (Å²) < 4.78 is 16.0. The van der Waals surface area contributed by atoms with Crippen LogP contribution in [0.3, 0.4) is 0 Å². The number of hydrogen-bond acceptors (Lipinski definition) is 6. The molecule has 0 radical (unpaired) electrons. The van der Waals surface area contributed by atoms with E-state index in [0.717, 1.165) is 22.3 Å². The van der Waals surface area contributed by atoms with Gasteiger partial charge >= 0.3 is 0 Å². The number of benzene rings is 2. The van der Waals surface area contributed by atoms with E-state index in [1.807, 2.05) is 42.5 Å². The fourth-order valence-corrected chi connectivity index (χ4v) is 2.83. The summed E-state index contributed by atoms with van der Waals surface area (Å²) in [7, 11) is 1.45. The summed E-state index contributed by atoms with van der Waals surface area (Å²) in [5, 5.41) is 12.4. The number of carbonyl (C=O) groups is 2. The molecule has 0 spiro atoms. The molecule has 1 aromatic heterocycles. The number of furan rings is 1. The van der Waals surface area contributed by atoms with Crippen LogP contribution in [0.1, 0.15) is 16.8 Å². The molecule has 1 heterocycles. The Morgan fingerprint density at radius 2 is 1.90 bits per heavy atom. The van der Waals surface area contributed by atoms with Crippen molar-refractivity contribution in [2.45, 2.75) is 12.5 Å². The quantitative estimate of drug-likeness (QED) is 0.290. The van der Waals surface area contributed by atoms with Crippen molar-refractivity contribution in [2.24, 2.45) is 0 Å². The maximum Gasteiger partial charge on any atom is 0.251 e. The number of hydrogen-bond donors (Lipinski definition) is 3. The van der Waals surface area contributed by atoms with Gasteiger partial charge in [0.1, 0.15) is 18.1 Å². The lowest BCUT2D eigenvalue weighted by atomic mass is 10.1. The first kappa shape index (κ1) is 20.5. The third-order valence-electron chi connectivity index (χ3n) is 4.31. The van der Waals surface area contributed by atoms with Crippen LogP contribution in [-0.2, 0) is 14.3 Å².